The second kappa shape index (κ2) is 9.98. The second-order valence-electron chi connectivity index (χ2n) is 8.31. The number of amides is 1. The minimum atomic E-state index is -0.464. The van der Waals surface area contributed by atoms with Crippen LogP contribution in [0.2, 0.25) is 5.15 Å². The average molecular weight is 446 g/mol. The number of aromatic nitrogens is 4. The molecule has 1 aliphatic rings. The van der Waals surface area contributed by atoms with Gasteiger partial charge in [0.1, 0.15) is 12.1 Å². The van der Waals surface area contributed by atoms with Gasteiger partial charge in [0.15, 0.2) is 11.0 Å². The van der Waals surface area contributed by atoms with E-state index in [4.69, 9.17) is 22.1 Å². The van der Waals surface area contributed by atoms with Crippen LogP contribution in [0.1, 0.15) is 27.2 Å². The van der Waals surface area contributed by atoms with E-state index in [9.17, 15) is 4.79 Å². The lowest BCUT2D eigenvalue weighted by Gasteiger charge is -2.35. The van der Waals surface area contributed by atoms with Crippen molar-refractivity contribution >= 4 is 23.5 Å². The maximum Gasteiger partial charge on any atom is 0.410 e. The van der Waals surface area contributed by atoms with Gasteiger partial charge in [-0.3, -0.25) is 9.58 Å². The van der Waals surface area contributed by atoms with Crippen LogP contribution < -0.4 is 5.73 Å². The summed E-state index contributed by atoms with van der Waals surface area (Å²) in [5.74, 6) is 6.64. The summed E-state index contributed by atoms with van der Waals surface area (Å²) in [6, 6.07) is 1.67. The Balaban J connectivity index is 1.41. The molecule has 0 radical (unpaired) electrons. The second-order valence-corrected chi connectivity index (χ2v) is 8.69. The Hall–Kier alpha value is -2.83. The van der Waals surface area contributed by atoms with E-state index in [2.05, 4.69) is 32.0 Å². The molecule has 0 atom stereocenters. The summed E-state index contributed by atoms with van der Waals surface area (Å²) in [4.78, 5) is 16.2. The molecule has 2 aromatic heterocycles. The summed E-state index contributed by atoms with van der Waals surface area (Å²) < 4.78 is 7.17. The minimum absolute atomic E-state index is 0.239. The summed E-state index contributed by atoms with van der Waals surface area (Å²) in [6.07, 6.45) is 4.08. The first-order valence-corrected chi connectivity index (χ1v) is 10.6. The van der Waals surface area contributed by atoms with Crippen molar-refractivity contribution in [2.45, 2.75) is 39.3 Å². The third kappa shape index (κ3) is 6.84. The highest BCUT2D eigenvalue weighted by Gasteiger charge is 2.25. The number of nitrogens with zero attached hydrogens (tertiary/aromatic N) is 6. The van der Waals surface area contributed by atoms with E-state index in [-0.39, 0.29) is 11.2 Å². The first kappa shape index (κ1) is 22.8. The van der Waals surface area contributed by atoms with E-state index in [1.54, 1.807) is 21.8 Å². The third-order valence-electron chi connectivity index (χ3n) is 4.68. The standard InChI is InChI=1S/C21H28ClN7O2/c1-21(2,3)31-20(30)28-11-9-27(10-12-28)7-5-4-6-8-29-15-16(14-24-29)17-13-18(22)25-26-19(17)23/h13-15H,5,7-12H2,1-3H3,(H2,23,26). The van der Waals surface area contributed by atoms with Crippen LogP contribution in [0, 0.1) is 11.8 Å². The molecular formula is C21H28ClN7O2. The van der Waals surface area contributed by atoms with E-state index in [1.165, 1.54) is 0 Å². The number of halogens is 1. The molecule has 1 fully saturated rings. The van der Waals surface area contributed by atoms with Crippen molar-refractivity contribution in [1.29, 1.82) is 0 Å². The smallest absolute Gasteiger partial charge is 0.410 e. The maximum atomic E-state index is 12.1. The Morgan fingerprint density at radius 2 is 1.97 bits per heavy atom. The zero-order chi connectivity index (χ0) is 22.4. The fraction of sp³-hybridized carbons (Fsp3) is 0.524. The van der Waals surface area contributed by atoms with Gasteiger partial charge in [0.2, 0.25) is 0 Å². The lowest BCUT2D eigenvalue weighted by Crippen LogP contribution is -2.50. The third-order valence-corrected chi connectivity index (χ3v) is 4.86. The van der Waals surface area contributed by atoms with Crippen LogP contribution in [0.3, 0.4) is 0 Å². The molecule has 0 spiro atoms. The average Bonchev–Trinajstić information content (AvgIpc) is 3.17. The molecule has 166 valence electrons. The maximum absolute atomic E-state index is 12.1. The first-order valence-electron chi connectivity index (χ1n) is 10.2. The van der Waals surface area contributed by atoms with Crippen LogP contribution in [-0.4, -0.2) is 74.2 Å². The van der Waals surface area contributed by atoms with Gasteiger partial charge in [-0.25, -0.2) is 4.79 Å². The monoisotopic (exact) mass is 445 g/mol. The Kier molecular flexibility index (Phi) is 7.36. The summed E-state index contributed by atoms with van der Waals surface area (Å²) in [5.41, 5.74) is 6.92. The van der Waals surface area contributed by atoms with Gasteiger partial charge in [0.25, 0.3) is 0 Å². The van der Waals surface area contributed by atoms with Crippen molar-refractivity contribution in [2.24, 2.45) is 0 Å². The Morgan fingerprint density at radius 3 is 2.68 bits per heavy atom. The number of carbonyl (C=O) groups excluding carboxylic acids is 1. The molecule has 0 saturated carbocycles. The highest BCUT2D eigenvalue weighted by Crippen LogP contribution is 2.25. The molecule has 0 unspecified atom stereocenters. The molecule has 0 bridgehead atoms. The zero-order valence-corrected chi connectivity index (χ0v) is 18.9. The normalized spacial score (nSPS) is 14.8. The van der Waals surface area contributed by atoms with Gasteiger partial charge in [-0.2, -0.15) is 5.10 Å². The first-order chi connectivity index (χ1) is 14.7. The van der Waals surface area contributed by atoms with E-state index in [0.717, 1.165) is 31.6 Å². The van der Waals surface area contributed by atoms with Gasteiger partial charge in [-0.05, 0) is 26.8 Å². The fourth-order valence-electron chi connectivity index (χ4n) is 3.12. The van der Waals surface area contributed by atoms with Crippen LogP contribution >= 0.6 is 11.6 Å². The molecule has 0 aliphatic carbocycles. The van der Waals surface area contributed by atoms with E-state index in [1.807, 2.05) is 27.0 Å². The number of nitrogens with two attached hydrogens (primary N) is 1. The van der Waals surface area contributed by atoms with Crippen LogP contribution in [0.5, 0.6) is 0 Å². The Morgan fingerprint density at radius 1 is 1.23 bits per heavy atom. The topological polar surface area (TPSA) is 102 Å². The van der Waals surface area contributed by atoms with Crippen molar-refractivity contribution in [3.05, 3.63) is 23.6 Å². The Bertz CT molecular complexity index is 966. The van der Waals surface area contributed by atoms with Crippen LogP contribution in [0.4, 0.5) is 10.6 Å². The summed E-state index contributed by atoms with van der Waals surface area (Å²) in [6.45, 7) is 10.0. The van der Waals surface area contributed by atoms with Gasteiger partial charge in [-0.1, -0.05) is 17.5 Å². The summed E-state index contributed by atoms with van der Waals surface area (Å²) in [7, 11) is 0. The molecule has 1 saturated heterocycles. The highest BCUT2D eigenvalue weighted by molar-refractivity contribution is 6.29. The molecule has 1 aliphatic heterocycles. The number of hydrogen-bond acceptors (Lipinski definition) is 7. The van der Waals surface area contributed by atoms with Gasteiger partial charge in [-0.15, -0.1) is 16.1 Å². The summed E-state index contributed by atoms with van der Waals surface area (Å²) in [5, 5.41) is 12.1. The molecule has 3 rings (SSSR count). The lowest BCUT2D eigenvalue weighted by atomic mass is 10.1. The minimum Gasteiger partial charge on any atom is -0.444 e. The molecule has 1 amide bonds. The van der Waals surface area contributed by atoms with Crippen LogP contribution in [-0.2, 0) is 11.3 Å². The SMILES string of the molecule is CC(C)(C)OC(=O)N1CCN(CCC#CCn2cc(-c3cc(Cl)nnc3N)cn2)CC1. The molecule has 2 N–H and O–H groups in total. The fourth-order valence-corrected chi connectivity index (χ4v) is 3.26. The number of anilines is 1. The van der Waals surface area contributed by atoms with Crippen molar-refractivity contribution in [1.82, 2.24) is 29.8 Å². The van der Waals surface area contributed by atoms with E-state index in [0.29, 0.717) is 31.0 Å². The van der Waals surface area contributed by atoms with Crippen molar-refractivity contribution in [3.8, 4) is 23.0 Å². The quantitative estimate of drug-likeness (QED) is 0.721. The lowest BCUT2D eigenvalue weighted by molar-refractivity contribution is 0.0147. The molecule has 31 heavy (non-hydrogen) atoms. The molecule has 0 aromatic carbocycles. The molecule has 2 aromatic rings. The van der Waals surface area contributed by atoms with Gasteiger partial charge >= 0.3 is 6.09 Å². The summed E-state index contributed by atoms with van der Waals surface area (Å²) >= 11 is 5.90. The van der Waals surface area contributed by atoms with Gasteiger partial charge < -0.3 is 15.4 Å². The number of ether oxygens (including phenoxy) is 1. The zero-order valence-electron chi connectivity index (χ0n) is 18.1. The predicted molar refractivity (Wildman–Crippen MR) is 119 cm³/mol. The van der Waals surface area contributed by atoms with Gasteiger partial charge in [0.05, 0.1) is 6.20 Å². The van der Waals surface area contributed by atoms with Crippen LogP contribution in [0.25, 0.3) is 11.1 Å². The predicted octanol–water partition coefficient (Wildman–Crippen LogP) is 2.52. The van der Waals surface area contributed by atoms with Crippen molar-refractivity contribution in [3.63, 3.8) is 0 Å². The number of rotatable bonds is 4. The number of nitrogen functional groups attached to an aromatic ring is 1. The van der Waals surface area contributed by atoms with E-state index < -0.39 is 5.60 Å². The molecular weight excluding hydrogens is 418 g/mol. The highest BCUT2D eigenvalue weighted by atomic mass is 35.5. The number of piperazine rings is 1. The largest absolute Gasteiger partial charge is 0.444 e. The molecule has 10 heteroatoms. The number of carbonyl (C=O) groups is 1. The molecule has 3 heterocycles. The number of hydrogen-bond donors (Lipinski definition) is 1. The van der Waals surface area contributed by atoms with E-state index >= 15 is 0 Å². The molecule has 9 nitrogen and oxygen atoms in total. The van der Waals surface area contributed by atoms with Crippen molar-refractivity contribution in [2.75, 3.05) is 38.5 Å². The Labute approximate surface area is 187 Å². The van der Waals surface area contributed by atoms with Crippen molar-refractivity contribution < 1.29 is 9.53 Å². The van der Waals surface area contributed by atoms with Gasteiger partial charge in [0, 0.05) is 56.5 Å². The van der Waals surface area contributed by atoms with Crippen LogP contribution in [0.15, 0.2) is 18.5 Å².